The summed E-state index contributed by atoms with van der Waals surface area (Å²) in [5.74, 6) is 0.873. The molecule has 4 nitrogen and oxygen atoms in total. The van der Waals surface area contributed by atoms with Crippen LogP contribution in [0.3, 0.4) is 0 Å². The molecule has 0 saturated heterocycles. The number of nitrogens with zero attached hydrogens (tertiary/aromatic N) is 2. The van der Waals surface area contributed by atoms with Crippen molar-refractivity contribution in [2.45, 2.75) is 39.8 Å². The van der Waals surface area contributed by atoms with Crippen molar-refractivity contribution < 1.29 is 4.79 Å². The second-order valence-electron chi connectivity index (χ2n) is 7.93. The maximum absolute atomic E-state index is 12.6. The Hall–Kier alpha value is -3.40. The number of fused-ring (bicyclic) bond motifs is 1. The molecule has 1 heterocycles. The second-order valence-corrected chi connectivity index (χ2v) is 7.93. The first-order valence-corrected chi connectivity index (χ1v) is 10.4. The van der Waals surface area contributed by atoms with Gasteiger partial charge in [-0.25, -0.2) is 4.98 Å². The van der Waals surface area contributed by atoms with Crippen molar-refractivity contribution in [3.63, 3.8) is 0 Å². The fourth-order valence-corrected chi connectivity index (χ4v) is 3.87. The fraction of sp³-hybridized carbons (Fsp3) is 0.231. The maximum Gasteiger partial charge on any atom is 0.224 e. The molecule has 1 amide bonds. The van der Waals surface area contributed by atoms with Crippen LogP contribution in [0.1, 0.15) is 41.0 Å². The molecule has 0 aliphatic carbocycles. The van der Waals surface area contributed by atoms with Crippen molar-refractivity contribution in [2.75, 3.05) is 0 Å². The lowest BCUT2D eigenvalue weighted by molar-refractivity contribution is -0.121. The van der Waals surface area contributed by atoms with E-state index in [4.69, 9.17) is 4.98 Å². The minimum absolute atomic E-state index is 0.000887. The summed E-state index contributed by atoms with van der Waals surface area (Å²) in [5.41, 5.74) is 6.80. The molecule has 1 aromatic heterocycles. The smallest absolute Gasteiger partial charge is 0.224 e. The van der Waals surface area contributed by atoms with Crippen molar-refractivity contribution in [1.82, 2.24) is 14.9 Å². The standard InChI is InChI=1S/C26H27N3O/c1-18-13-14-19(2)22(15-18)17-29-24-12-8-7-11-23(24)28-26(29)20(3)27-25(30)16-21-9-5-4-6-10-21/h4-15,20H,16-17H2,1-3H3,(H,27,30). The van der Waals surface area contributed by atoms with E-state index in [9.17, 15) is 4.79 Å². The number of aryl methyl sites for hydroxylation is 2. The number of amides is 1. The third kappa shape index (κ3) is 4.28. The van der Waals surface area contributed by atoms with Gasteiger partial charge in [-0.1, -0.05) is 66.2 Å². The largest absolute Gasteiger partial charge is 0.346 e. The molecule has 4 aromatic rings. The average Bonchev–Trinajstić information content (AvgIpc) is 3.10. The molecule has 4 heteroatoms. The highest BCUT2D eigenvalue weighted by molar-refractivity contribution is 5.79. The third-order valence-electron chi connectivity index (χ3n) is 5.49. The van der Waals surface area contributed by atoms with Gasteiger partial charge < -0.3 is 9.88 Å². The summed E-state index contributed by atoms with van der Waals surface area (Å²) in [6.07, 6.45) is 0.363. The summed E-state index contributed by atoms with van der Waals surface area (Å²) in [7, 11) is 0. The molecule has 1 N–H and O–H groups in total. The lowest BCUT2D eigenvalue weighted by atomic mass is 10.1. The van der Waals surface area contributed by atoms with Gasteiger partial charge in [0, 0.05) is 6.54 Å². The molecule has 1 unspecified atom stereocenters. The van der Waals surface area contributed by atoms with Crippen LogP contribution in [0, 0.1) is 13.8 Å². The number of aromatic nitrogens is 2. The number of hydrogen-bond donors (Lipinski definition) is 1. The van der Waals surface area contributed by atoms with E-state index < -0.39 is 0 Å². The number of para-hydroxylation sites is 2. The van der Waals surface area contributed by atoms with Crippen LogP contribution in [0.25, 0.3) is 11.0 Å². The van der Waals surface area contributed by atoms with Gasteiger partial charge >= 0.3 is 0 Å². The van der Waals surface area contributed by atoms with Gasteiger partial charge in [-0.05, 0) is 49.6 Å². The Balaban J connectivity index is 1.64. The van der Waals surface area contributed by atoms with Crippen LogP contribution in [-0.4, -0.2) is 15.5 Å². The van der Waals surface area contributed by atoms with Crippen LogP contribution in [0.5, 0.6) is 0 Å². The zero-order valence-corrected chi connectivity index (χ0v) is 17.7. The predicted octanol–water partition coefficient (Wildman–Crippen LogP) is 5.12. The predicted molar refractivity (Wildman–Crippen MR) is 121 cm³/mol. The van der Waals surface area contributed by atoms with E-state index >= 15 is 0 Å². The molecule has 152 valence electrons. The third-order valence-corrected chi connectivity index (χ3v) is 5.49. The van der Waals surface area contributed by atoms with Crippen LogP contribution >= 0.6 is 0 Å². The molecule has 0 fully saturated rings. The Morgan fingerprint density at radius 3 is 2.53 bits per heavy atom. The number of nitrogens with one attached hydrogen (secondary N) is 1. The number of carbonyl (C=O) groups is 1. The lowest BCUT2D eigenvalue weighted by Gasteiger charge is -2.17. The monoisotopic (exact) mass is 397 g/mol. The Kier molecular flexibility index (Phi) is 5.66. The zero-order chi connectivity index (χ0) is 21.1. The Bertz CT molecular complexity index is 1180. The Morgan fingerprint density at radius 1 is 1.00 bits per heavy atom. The number of rotatable bonds is 6. The molecular formula is C26H27N3O. The van der Waals surface area contributed by atoms with Gasteiger partial charge in [0.15, 0.2) is 0 Å². The Morgan fingerprint density at radius 2 is 1.73 bits per heavy atom. The molecule has 0 saturated carbocycles. The quantitative estimate of drug-likeness (QED) is 0.491. The SMILES string of the molecule is Cc1ccc(C)c(Cn2c(C(C)NC(=O)Cc3ccccc3)nc3ccccc32)c1. The van der Waals surface area contributed by atoms with E-state index in [1.54, 1.807) is 0 Å². The van der Waals surface area contributed by atoms with Gasteiger partial charge in [-0.3, -0.25) is 4.79 Å². The summed E-state index contributed by atoms with van der Waals surface area (Å²) in [6.45, 7) is 6.98. The van der Waals surface area contributed by atoms with E-state index in [1.807, 2.05) is 55.5 Å². The summed E-state index contributed by atoms with van der Waals surface area (Å²) in [4.78, 5) is 17.5. The van der Waals surface area contributed by atoms with E-state index in [1.165, 1.54) is 16.7 Å². The van der Waals surface area contributed by atoms with E-state index in [0.717, 1.165) is 29.0 Å². The van der Waals surface area contributed by atoms with Gasteiger partial charge in [-0.15, -0.1) is 0 Å². The highest BCUT2D eigenvalue weighted by atomic mass is 16.1. The van der Waals surface area contributed by atoms with Gasteiger partial charge in [0.05, 0.1) is 23.5 Å². The first-order valence-electron chi connectivity index (χ1n) is 10.4. The molecule has 0 aliphatic rings. The fourth-order valence-electron chi connectivity index (χ4n) is 3.87. The minimum atomic E-state index is -0.196. The van der Waals surface area contributed by atoms with Crippen molar-refractivity contribution in [3.05, 3.63) is 101 Å². The van der Waals surface area contributed by atoms with Crippen LogP contribution in [0.2, 0.25) is 0 Å². The average molecular weight is 398 g/mol. The van der Waals surface area contributed by atoms with Gasteiger partial charge in [0.2, 0.25) is 5.91 Å². The van der Waals surface area contributed by atoms with Crippen molar-refractivity contribution in [2.24, 2.45) is 0 Å². The maximum atomic E-state index is 12.6. The highest BCUT2D eigenvalue weighted by Crippen LogP contribution is 2.24. The number of imidazole rings is 1. The van der Waals surface area contributed by atoms with E-state index in [2.05, 4.69) is 48.0 Å². The minimum Gasteiger partial charge on any atom is -0.346 e. The molecule has 0 aliphatic heterocycles. The van der Waals surface area contributed by atoms with E-state index in [-0.39, 0.29) is 11.9 Å². The van der Waals surface area contributed by atoms with Crippen LogP contribution < -0.4 is 5.32 Å². The molecular weight excluding hydrogens is 370 g/mol. The van der Waals surface area contributed by atoms with Crippen LogP contribution in [0.4, 0.5) is 0 Å². The second kappa shape index (κ2) is 8.54. The first-order chi connectivity index (χ1) is 14.5. The van der Waals surface area contributed by atoms with Gasteiger partial charge in [0.1, 0.15) is 5.82 Å². The van der Waals surface area contributed by atoms with Crippen LogP contribution in [-0.2, 0) is 17.8 Å². The number of hydrogen-bond acceptors (Lipinski definition) is 2. The normalized spacial score (nSPS) is 12.1. The molecule has 0 bridgehead atoms. The summed E-state index contributed by atoms with van der Waals surface area (Å²) < 4.78 is 2.23. The molecule has 0 spiro atoms. The summed E-state index contributed by atoms with van der Waals surface area (Å²) in [6, 6.07) is 24.3. The van der Waals surface area contributed by atoms with E-state index in [0.29, 0.717) is 6.42 Å². The van der Waals surface area contributed by atoms with Crippen molar-refractivity contribution >= 4 is 16.9 Å². The number of benzene rings is 3. The molecule has 3 aromatic carbocycles. The molecule has 0 radical (unpaired) electrons. The Labute approximate surface area is 177 Å². The van der Waals surface area contributed by atoms with Crippen molar-refractivity contribution in [1.29, 1.82) is 0 Å². The molecule has 1 atom stereocenters. The van der Waals surface area contributed by atoms with Crippen LogP contribution in [0.15, 0.2) is 72.8 Å². The lowest BCUT2D eigenvalue weighted by Crippen LogP contribution is -2.30. The van der Waals surface area contributed by atoms with Gasteiger partial charge in [-0.2, -0.15) is 0 Å². The highest BCUT2D eigenvalue weighted by Gasteiger charge is 2.19. The summed E-state index contributed by atoms with van der Waals surface area (Å²) in [5, 5.41) is 3.14. The number of carbonyl (C=O) groups excluding carboxylic acids is 1. The van der Waals surface area contributed by atoms with Crippen molar-refractivity contribution in [3.8, 4) is 0 Å². The molecule has 30 heavy (non-hydrogen) atoms. The topological polar surface area (TPSA) is 46.9 Å². The first kappa shape index (κ1) is 19.9. The zero-order valence-electron chi connectivity index (χ0n) is 17.7. The molecule has 4 rings (SSSR count). The van der Waals surface area contributed by atoms with Gasteiger partial charge in [0.25, 0.3) is 0 Å². The summed E-state index contributed by atoms with van der Waals surface area (Å²) >= 11 is 0.